The fraction of sp³-hybridized carbons (Fsp3) is 0.0952. The molecule has 0 aromatic heterocycles. The lowest BCUT2D eigenvalue weighted by atomic mass is 10.0. The third-order valence-corrected chi connectivity index (χ3v) is 4.73. The van der Waals surface area contributed by atoms with Crippen LogP contribution in [0.15, 0.2) is 66.7 Å². The number of anilines is 2. The molecule has 3 aromatic rings. The molecule has 6 heteroatoms. The van der Waals surface area contributed by atoms with Crippen molar-refractivity contribution in [3.63, 3.8) is 0 Å². The minimum atomic E-state index is -0.611. The summed E-state index contributed by atoms with van der Waals surface area (Å²) in [4.78, 5) is 13.7. The molecule has 0 saturated carbocycles. The smallest absolute Gasteiger partial charge is 0.323 e. The van der Waals surface area contributed by atoms with Crippen molar-refractivity contribution in [3.8, 4) is 11.1 Å². The number of nitrogens with two attached hydrogens (primary N) is 1. The number of hydrogen-bond acceptors (Lipinski definition) is 2. The van der Waals surface area contributed by atoms with Gasteiger partial charge in [-0.15, -0.1) is 0 Å². The van der Waals surface area contributed by atoms with Gasteiger partial charge in [0.15, 0.2) is 0 Å². The van der Waals surface area contributed by atoms with Crippen molar-refractivity contribution in [3.05, 3.63) is 82.3 Å². The number of nitrogens with zero attached hydrogens (tertiary/aromatic N) is 1. The largest absolute Gasteiger partial charge is 0.396 e. The Morgan fingerprint density at radius 3 is 2.48 bits per heavy atom. The Hall–Kier alpha value is -2.53. The van der Waals surface area contributed by atoms with Crippen LogP contribution in [0.3, 0.4) is 0 Å². The standard InChI is InChI=1S/C21H18Cl2N2O2/c22-16-8-9-18(19(23)13-16)15-5-3-6-17(12-15)25(21(24)27)20-7-2-1-4-14(20)10-11-26/h1-9,12-13,26H,10-11H2,(H2,24,27). The Kier molecular flexibility index (Phi) is 6.01. The number of carbonyl (C=O) groups excluding carboxylic acids is 1. The van der Waals surface area contributed by atoms with Gasteiger partial charge in [0, 0.05) is 22.2 Å². The maximum Gasteiger partial charge on any atom is 0.323 e. The molecule has 0 atom stereocenters. The van der Waals surface area contributed by atoms with Crippen molar-refractivity contribution in [2.24, 2.45) is 5.73 Å². The summed E-state index contributed by atoms with van der Waals surface area (Å²) >= 11 is 12.3. The summed E-state index contributed by atoms with van der Waals surface area (Å²) in [6, 6.07) is 19.4. The molecular weight excluding hydrogens is 383 g/mol. The van der Waals surface area contributed by atoms with E-state index in [2.05, 4.69) is 0 Å². The van der Waals surface area contributed by atoms with Gasteiger partial charge in [0.25, 0.3) is 0 Å². The first-order valence-corrected chi connectivity index (χ1v) is 9.10. The van der Waals surface area contributed by atoms with Gasteiger partial charge in [-0.2, -0.15) is 0 Å². The molecule has 0 aliphatic heterocycles. The second-order valence-electron chi connectivity index (χ2n) is 5.95. The van der Waals surface area contributed by atoms with Gasteiger partial charge in [0.2, 0.25) is 0 Å². The van der Waals surface area contributed by atoms with Crippen LogP contribution in [0.5, 0.6) is 0 Å². The van der Waals surface area contributed by atoms with Gasteiger partial charge < -0.3 is 10.8 Å². The minimum Gasteiger partial charge on any atom is -0.396 e. The summed E-state index contributed by atoms with van der Waals surface area (Å²) in [5.41, 5.74) is 9.39. The number of para-hydroxylation sites is 1. The summed E-state index contributed by atoms with van der Waals surface area (Å²) in [6.45, 7) is -0.0238. The summed E-state index contributed by atoms with van der Waals surface area (Å²) in [7, 11) is 0. The number of hydrogen-bond donors (Lipinski definition) is 2. The Morgan fingerprint density at radius 2 is 1.78 bits per heavy atom. The van der Waals surface area contributed by atoms with Crippen molar-refractivity contribution in [2.75, 3.05) is 11.5 Å². The fourth-order valence-electron chi connectivity index (χ4n) is 2.98. The lowest BCUT2D eigenvalue weighted by Crippen LogP contribution is -2.32. The lowest BCUT2D eigenvalue weighted by Gasteiger charge is -2.24. The van der Waals surface area contributed by atoms with E-state index >= 15 is 0 Å². The second-order valence-corrected chi connectivity index (χ2v) is 6.79. The van der Waals surface area contributed by atoms with Gasteiger partial charge in [-0.05, 0) is 47.9 Å². The number of halogens is 2. The number of aliphatic hydroxyl groups excluding tert-OH is 1. The second kappa shape index (κ2) is 8.44. The van der Waals surface area contributed by atoms with Gasteiger partial charge >= 0.3 is 6.03 Å². The minimum absolute atomic E-state index is 0.0238. The molecule has 0 radical (unpaired) electrons. The lowest BCUT2D eigenvalue weighted by molar-refractivity contribution is 0.256. The van der Waals surface area contributed by atoms with E-state index in [0.717, 1.165) is 16.7 Å². The van der Waals surface area contributed by atoms with Gasteiger partial charge in [-0.1, -0.05) is 59.6 Å². The number of carbonyl (C=O) groups is 1. The average Bonchev–Trinajstić information content (AvgIpc) is 2.63. The van der Waals surface area contributed by atoms with Crippen LogP contribution in [0.4, 0.5) is 16.2 Å². The number of urea groups is 1. The van der Waals surface area contributed by atoms with E-state index in [-0.39, 0.29) is 6.61 Å². The zero-order chi connectivity index (χ0) is 19.4. The molecule has 3 aromatic carbocycles. The van der Waals surface area contributed by atoms with Crippen molar-refractivity contribution in [1.82, 2.24) is 0 Å². The first-order valence-electron chi connectivity index (χ1n) is 8.35. The molecule has 4 nitrogen and oxygen atoms in total. The van der Waals surface area contributed by atoms with E-state index in [1.807, 2.05) is 42.5 Å². The molecule has 27 heavy (non-hydrogen) atoms. The Balaban J connectivity index is 2.09. The predicted molar refractivity (Wildman–Crippen MR) is 111 cm³/mol. The molecule has 0 aliphatic carbocycles. The summed E-state index contributed by atoms with van der Waals surface area (Å²) in [5, 5.41) is 10.4. The van der Waals surface area contributed by atoms with E-state index in [1.54, 1.807) is 24.3 Å². The molecule has 3 rings (SSSR count). The molecule has 0 aliphatic rings. The fourth-order valence-corrected chi connectivity index (χ4v) is 3.50. The Labute approximate surface area is 167 Å². The van der Waals surface area contributed by atoms with Crippen molar-refractivity contribution < 1.29 is 9.90 Å². The molecule has 0 heterocycles. The SMILES string of the molecule is NC(=O)N(c1cccc(-c2ccc(Cl)cc2Cl)c1)c1ccccc1CCO. The van der Waals surface area contributed by atoms with Crippen LogP contribution in [-0.2, 0) is 6.42 Å². The molecule has 0 fully saturated rings. The van der Waals surface area contributed by atoms with Gasteiger partial charge in [-0.3, -0.25) is 4.90 Å². The van der Waals surface area contributed by atoms with Crippen molar-refractivity contribution in [1.29, 1.82) is 0 Å². The third-order valence-electron chi connectivity index (χ3n) is 4.18. The number of primary amides is 1. The maximum absolute atomic E-state index is 12.3. The zero-order valence-corrected chi connectivity index (χ0v) is 15.9. The maximum atomic E-state index is 12.3. The first-order chi connectivity index (χ1) is 13.0. The predicted octanol–water partition coefficient (Wildman–Crippen LogP) is 5.41. The normalized spacial score (nSPS) is 10.6. The Morgan fingerprint density at radius 1 is 1.00 bits per heavy atom. The summed E-state index contributed by atoms with van der Waals surface area (Å²) in [6.07, 6.45) is 0.419. The topological polar surface area (TPSA) is 66.6 Å². The van der Waals surface area contributed by atoms with E-state index in [4.69, 9.17) is 28.9 Å². The van der Waals surface area contributed by atoms with Crippen LogP contribution in [0, 0.1) is 0 Å². The van der Waals surface area contributed by atoms with Crippen LogP contribution < -0.4 is 10.6 Å². The molecule has 138 valence electrons. The van der Waals surface area contributed by atoms with E-state index in [1.165, 1.54) is 4.90 Å². The van der Waals surface area contributed by atoms with E-state index in [9.17, 15) is 9.90 Å². The molecular formula is C21H18Cl2N2O2. The van der Waals surface area contributed by atoms with Crippen molar-refractivity contribution >= 4 is 40.6 Å². The van der Waals surface area contributed by atoms with Gasteiger partial charge in [0.05, 0.1) is 11.4 Å². The highest BCUT2D eigenvalue weighted by atomic mass is 35.5. The molecule has 0 saturated heterocycles. The number of amides is 2. The van der Waals surface area contributed by atoms with E-state index < -0.39 is 6.03 Å². The van der Waals surface area contributed by atoms with Crippen LogP contribution >= 0.6 is 23.2 Å². The first kappa shape index (κ1) is 19.2. The molecule has 0 unspecified atom stereocenters. The van der Waals surface area contributed by atoms with Crippen LogP contribution in [-0.4, -0.2) is 17.7 Å². The number of aliphatic hydroxyl groups is 1. The third kappa shape index (κ3) is 4.25. The molecule has 2 amide bonds. The van der Waals surface area contributed by atoms with Crippen LogP contribution in [0.2, 0.25) is 10.0 Å². The number of rotatable bonds is 5. The van der Waals surface area contributed by atoms with E-state index in [0.29, 0.717) is 27.8 Å². The highest BCUT2D eigenvalue weighted by Gasteiger charge is 2.19. The molecule has 0 bridgehead atoms. The van der Waals surface area contributed by atoms with Gasteiger partial charge in [-0.25, -0.2) is 4.79 Å². The zero-order valence-electron chi connectivity index (χ0n) is 14.4. The highest BCUT2D eigenvalue weighted by Crippen LogP contribution is 2.35. The summed E-state index contributed by atoms with van der Waals surface area (Å²) < 4.78 is 0. The van der Waals surface area contributed by atoms with Gasteiger partial charge in [0.1, 0.15) is 0 Å². The summed E-state index contributed by atoms with van der Waals surface area (Å²) in [5.74, 6) is 0. The van der Waals surface area contributed by atoms with Crippen molar-refractivity contribution in [2.45, 2.75) is 6.42 Å². The highest BCUT2D eigenvalue weighted by molar-refractivity contribution is 6.36. The quantitative estimate of drug-likeness (QED) is 0.600. The molecule has 0 spiro atoms. The number of benzene rings is 3. The Bertz CT molecular complexity index is 976. The average molecular weight is 401 g/mol. The molecule has 3 N–H and O–H groups in total. The van der Waals surface area contributed by atoms with Crippen LogP contribution in [0.25, 0.3) is 11.1 Å². The van der Waals surface area contributed by atoms with Crippen LogP contribution in [0.1, 0.15) is 5.56 Å². The monoisotopic (exact) mass is 400 g/mol.